The van der Waals surface area contributed by atoms with E-state index < -0.39 is 0 Å². The van der Waals surface area contributed by atoms with Crippen molar-refractivity contribution in [3.8, 4) is 5.75 Å². The van der Waals surface area contributed by atoms with E-state index >= 15 is 0 Å². The Morgan fingerprint density at radius 3 is 2.48 bits per heavy atom. The number of thiol groups is 1. The van der Waals surface area contributed by atoms with Crippen molar-refractivity contribution in [2.75, 3.05) is 23.3 Å². The van der Waals surface area contributed by atoms with Crippen molar-refractivity contribution in [1.29, 1.82) is 0 Å². The number of methoxy groups -OCH3 is 1. The topological polar surface area (TPSA) is 83.8 Å². The van der Waals surface area contributed by atoms with Crippen LogP contribution in [0.3, 0.4) is 0 Å². The molecule has 3 amide bonds. The zero-order valence-electron chi connectivity index (χ0n) is 17.9. The normalized spacial score (nSPS) is 10.6. The van der Waals surface area contributed by atoms with Gasteiger partial charge in [-0.1, -0.05) is 43.1 Å². The fraction of sp³-hybridized carbons (Fsp3) is 0.120. The molecule has 0 spiro atoms. The molecule has 4 aromatic rings. The molecule has 4 rings (SSSR count). The van der Waals surface area contributed by atoms with E-state index in [-0.39, 0.29) is 11.9 Å². The Balaban J connectivity index is 1.31. The number of nitrogens with one attached hydrogen (secondary N) is 2. The number of benzene rings is 3. The van der Waals surface area contributed by atoms with Crippen LogP contribution in [0.5, 0.6) is 5.75 Å². The summed E-state index contributed by atoms with van der Waals surface area (Å²) < 4.78 is 12.2. The number of anilines is 2. The summed E-state index contributed by atoms with van der Waals surface area (Å²) in [5.74, 6) is 1.01. The van der Waals surface area contributed by atoms with Crippen LogP contribution < -0.4 is 19.7 Å². The van der Waals surface area contributed by atoms with Crippen LogP contribution in [0.1, 0.15) is 16.1 Å². The second-order valence-electron chi connectivity index (χ2n) is 7.25. The fourth-order valence-electron chi connectivity index (χ4n) is 3.36. The maximum atomic E-state index is 12.5. The Bertz CT molecular complexity index is 1240. The number of fused-ring (bicyclic) bond motifs is 1. The molecule has 0 radical (unpaired) electrons. The van der Waals surface area contributed by atoms with Gasteiger partial charge in [-0.2, -0.15) is 0 Å². The van der Waals surface area contributed by atoms with Gasteiger partial charge in [0.25, 0.3) is 5.91 Å². The second kappa shape index (κ2) is 10.1. The van der Waals surface area contributed by atoms with Crippen LogP contribution in [0.4, 0.5) is 16.2 Å². The van der Waals surface area contributed by atoms with Crippen LogP contribution >= 0.6 is 12.8 Å². The summed E-state index contributed by atoms with van der Waals surface area (Å²) in [6.07, 6.45) is 0.565. The minimum atomic E-state index is -0.361. The lowest BCUT2D eigenvalue weighted by Crippen LogP contribution is -2.35. The van der Waals surface area contributed by atoms with Crippen LogP contribution in [-0.4, -0.2) is 25.6 Å². The molecule has 0 bridgehead atoms. The first-order chi connectivity index (χ1) is 16.0. The average molecular weight is 462 g/mol. The third-order valence-electron chi connectivity index (χ3n) is 5.04. The van der Waals surface area contributed by atoms with Crippen LogP contribution in [0.15, 0.2) is 83.3 Å². The third kappa shape index (κ3) is 5.30. The van der Waals surface area contributed by atoms with E-state index in [4.69, 9.17) is 9.15 Å². The highest BCUT2D eigenvalue weighted by atomic mass is 32.1. The molecule has 0 aliphatic heterocycles. The third-order valence-corrected chi connectivity index (χ3v) is 5.45. The number of carbonyl (C=O) groups is 2. The van der Waals surface area contributed by atoms with Gasteiger partial charge in [0.05, 0.1) is 18.4 Å². The molecule has 2 N–H and O–H groups in total. The molecule has 0 aliphatic rings. The van der Waals surface area contributed by atoms with Gasteiger partial charge in [-0.15, -0.1) is 0 Å². The molecule has 0 saturated heterocycles. The van der Waals surface area contributed by atoms with E-state index in [0.29, 0.717) is 35.7 Å². The van der Waals surface area contributed by atoms with E-state index in [2.05, 4.69) is 23.4 Å². The summed E-state index contributed by atoms with van der Waals surface area (Å²) >= 11 is 4.30. The van der Waals surface area contributed by atoms with Crippen molar-refractivity contribution in [1.82, 2.24) is 5.32 Å². The van der Waals surface area contributed by atoms with Gasteiger partial charge in [0.15, 0.2) is 0 Å². The van der Waals surface area contributed by atoms with Gasteiger partial charge in [-0.05, 0) is 48.5 Å². The molecule has 0 fully saturated rings. The zero-order chi connectivity index (χ0) is 23.2. The van der Waals surface area contributed by atoms with Crippen molar-refractivity contribution >= 4 is 47.1 Å². The number of nitrogens with zero attached hydrogens (tertiary/aromatic N) is 1. The summed E-state index contributed by atoms with van der Waals surface area (Å²) in [6, 6.07) is 23.2. The molecular formula is C25H23N3O4S. The quantitative estimate of drug-likeness (QED) is 0.326. The van der Waals surface area contributed by atoms with Gasteiger partial charge in [0, 0.05) is 24.0 Å². The van der Waals surface area contributed by atoms with Crippen molar-refractivity contribution in [2.24, 2.45) is 0 Å². The first kappa shape index (κ1) is 22.3. The summed E-state index contributed by atoms with van der Waals surface area (Å²) in [6.45, 7) is 0.406. The van der Waals surface area contributed by atoms with Gasteiger partial charge in [0.2, 0.25) is 0 Å². The molecule has 8 heteroatoms. The number of hydrogen-bond acceptors (Lipinski definition) is 5. The first-order valence-electron chi connectivity index (χ1n) is 10.3. The number of carbonyl (C=O) groups excluding carboxylic acids is 2. The zero-order valence-corrected chi connectivity index (χ0v) is 18.8. The lowest BCUT2D eigenvalue weighted by atomic mass is 10.2. The molecule has 7 nitrogen and oxygen atoms in total. The molecule has 0 aliphatic carbocycles. The highest BCUT2D eigenvalue weighted by Gasteiger charge is 2.14. The average Bonchev–Trinajstić information content (AvgIpc) is 3.26. The molecule has 3 aromatic carbocycles. The number of hydrogen-bond donors (Lipinski definition) is 3. The minimum absolute atomic E-state index is 0.286. The van der Waals surface area contributed by atoms with Crippen LogP contribution in [0.2, 0.25) is 0 Å². The Hall–Kier alpha value is -3.91. The molecule has 0 saturated carbocycles. The summed E-state index contributed by atoms with van der Waals surface area (Å²) in [5, 5.41) is 6.67. The van der Waals surface area contributed by atoms with Crippen molar-refractivity contribution in [3.05, 3.63) is 90.2 Å². The number of ether oxygens (including phenoxy) is 1. The van der Waals surface area contributed by atoms with Crippen molar-refractivity contribution in [2.45, 2.75) is 6.42 Å². The van der Waals surface area contributed by atoms with Gasteiger partial charge in [-0.3, -0.25) is 4.79 Å². The summed E-state index contributed by atoms with van der Waals surface area (Å²) in [4.78, 5) is 25.0. The maximum absolute atomic E-state index is 12.5. The predicted octanol–water partition coefficient (Wildman–Crippen LogP) is 5.30. The molecule has 1 heterocycles. The molecule has 168 valence electrons. The van der Waals surface area contributed by atoms with Crippen molar-refractivity contribution in [3.63, 3.8) is 0 Å². The van der Waals surface area contributed by atoms with Gasteiger partial charge < -0.3 is 19.8 Å². The lowest BCUT2D eigenvalue weighted by molar-refractivity contribution is 0.102. The monoisotopic (exact) mass is 461 g/mol. The van der Waals surface area contributed by atoms with Gasteiger partial charge >= 0.3 is 6.03 Å². The van der Waals surface area contributed by atoms with Gasteiger partial charge in [0.1, 0.15) is 17.1 Å². The Morgan fingerprint density at radius 2 is 1.73 bits per heavy atom. The molecular weight excluding hydrogens is 438 g/mol. The molecule has 1 aromatic heterocycles. The number of amides is 3. The fourth-order valence-corrected chi connectivity index (χ4v) is 3.57. The van der Waals surface area contributed by atoms with E-state index in [1.54, 1.807) is 48.5 Å². The molecule has 0 atom stereocenters. The highest BCUT2D eigenvalue weighted by molar-refractivity contribution is 7.82. The molecule has 0 unspecified atom stereocenters. The lowest BCUT2D eigenvalue weighted by Gasteiger charge is -2.17. The predicted molar refractivity (Wildman–Crippen MR) is 132 cm³/mol. The van der Waals surface area contributed by atoms with E-state index in [9.17, 15) is 9.59 Å². The summed E-state index contributed by atoms with van der Waals surface area (Å²) in [5.41, 5.74) is 2.41. The number of furan rings is 1. The highest BCUT2D eigenvalue weighted by Crippen LogP contribution is 2.23. The standard InChI is InChI=1S/C25H23N3O4S/c1-31-23-9-5-3-7-21(23)24(29)27-18-10-12-19(13-11-18)28(33)25(30)26-15-14-20-16-17-6-2-4-8-22(17)32-20/h2-13,16,33H,14-15H2,1H3,(H,26,30)(H,27,29). The molecule has 33 heavy (non-hydrogen) atoms. The van der Waals surface area contributed by atoms with Crippen molar-refractivity contribution < 1.29 is 18.7 Å². The smallest absolute Gasteiger partial charge is 0.331 e. The minimum Gasteiger partial charge on any atom is -0.496 e. The number of para-hydroxylation sites is 2. The van der Waals surface area contributed by atoms with E-state index in [1.807, 2.05) is 30.3 Å². The Kier molecular flexibility index (Phi) is 6.85. The Labute approximate surface area is 196 Å². The Morgan fingerprint density at radius 1 is 1.00 bits per heavy atom. The second-order valence-corrected chi connectivity index (χ2v) is 7.65. The largest absolute Gasteiger partial charge is 0.496 e. The maximum Gasteiger partial charge on any atom is 0.331 e. The van der Waals surface area contributed by atoms with Crippen LogP contribution in [0, 0.1) is 0 Å². The van der Waals surface area contributed by atoms with E-state index in [0.717, 1.165) is 16.7 Å². The number of rotatable bonds is 7. The van der Waals surface area contributed by atoms with Crippen LogP contribution in [-0.2, 0) is 6.42 Å². The van der Waals surface area contributed by atoms with Gasteiger partial charge in [-0.25, -0.2) is 9.10 Å². The summed E-state index contributed by atoms with van der Waals surface area (Å²) in [7, 11) is 1.52. The van der Waals surface area contributed by atoms with Crippen LogP contribution in [0.25, 0.3) is 11.0 Å². The first-order valence-corrected chi connectivity index (χ1v) is 10.7. The SMILES string of the molecule is COc1ccccc1C(=O)Nc1ccc(N(S)C(=O)NCCc2cc3ccccc3o2)cc1. The number of urea groups is 1. The van der Waals surface area contributed by atoms with E-state index in [1.165, 1.54) is 11.4 Å².